The molecule has 1 saturated heterocycles. The third kappa shape index (κ3) is 7.49. The zero-order valence-electron chi connectivity index (χ0n) is 13.2. The zero-order valence-corrected chi connectivity index (χ0v) is 13.2. The topological polar surface area (TPSA) is 38.3 Å². The predicted molar refractivity (Wildman–Crippen MR) is 83.6 cm³/mol. The Balaban J connectivity index is 2.19. The summed E-state index contributed by atoms with van der Waals surface area (Å²) in [5.41, 5.74) is 2.57. The van der Waals surface area contributed by atoms with Crippen molar-refractivity contribution in [3.63, 3.8) is 0 Å². The smallest absolute Gasteiger partial charge is 0.243 e. The number of hydrogen-bond donors (Lipinski definition) is 1. The van der Waals surface area contributed by atoms with Crippen molar-refractivity contribution in [2.75, 3.05) is 13.2 Å². The van der Waals surface area contributed by atoms with Gasteiger partial charge in [0.15, 0.2) is 0 Å². The second-order valence-electron chi connectivity index (χ2n) is 5.65. The van der Waals surface area contributed by atoms with Crippen molar-refractivity contribution in [3.05, 3.63) is 23.3 Å². The molecule has 0 bridgehead atoms. The van der Waals surface area contributed by atoms with Crippen molar-refractivity contribution >= 4 is 5.91 Å². The molecule has 3 nitrogen and oxygen atoms in total. The van der Waals surface area contributed by atoms with E-state index >= 15 is 0 Å². The van der Waals surface area contributed by atoms with E-state index < -0.39 is 0 Å². The Labute approximate surface area is 123 Å². The monoisotopic (exact) mass is 279 g/mol. The Morgan fingerprint density at radius 2 is 2.10 bits per heavy atom. The summed E-state index contributed by atoms with van der Waals surface area (Å²) in [6, 6.07) is 0. The van der Waals surface area contributed by atoms with E-state index in [2.05, 4.69) is 18.3 Å². The molecule has 0 aromatic heterocycles. The van der Waals surface area contributed by atoms with Crippen molar-refractivity contribution in [1.29, 1.82) is 0 Å². The van der Waals surface area contributed by atoms with Gasteiger partial charge in [-0.15, -0.1) is 0 Å². The van der Waals surface area contributed by atoms with Gasteiger partial charge in [-0.05, 0) is 59.3 Å². The first kappa shape index (κ1) is 17.0. The summed E-state index contributed by atoms with van der Waals surface area (Å²) in [7, 11) is 0. The Morgan fingerprint density at radius 3 is 2.75 bits per heavy atom. The van der Waals surface area contributed by atoms with Crippen molar-refractivity contribution in [1.82, 2.24) is 5.32 Å². The van der Waals surface area contributed by atoms with E-state index in [1.807, 2.05) is 13.8 Å². The van der Waals surface area contributed by atoms with Crippen LogP contribution in [0.25, 0.3) is 0 Å². The molecule has 0 spiro atoms. The first-order valence-electron chi connectivity index (χ1n) is 7.84. The first-order valence-corrected chi connectivity index (χ1v) is 7.84. The maximum Gasteiger partial charge on any atom is 0.243 e. The van der Waals surface area contributed by atoms with Gasteiger partial charge in [0.2, 0.25) is 5.91 Å². The molecule has 1 unspecified atom stereocenters. The number of hydrogen-bond acceptors (Lipinski definition) is 2. The minimum atomic E-state index is 0.0177. The van der Waals surface area contributed by atoms with Crippen molar-refractivity contribution in [2.24, 2.45) is 0 Å². The summed E-state index contributed by atoms with van der Waals surface area (Å²) >= 11 is 0. The van der Waals surface area contributed by atoms with Gasteiger partial charge in [0.25, 0.3) is 0 Å². The van der Waals surface area contributed by atoms with Crippen molar-refractivity contribution < 1.29 is 9.53 Å². The van der Waals surface area contributed by atoms with Gasteiger partial charge in [-0.3, -0.25) is 4.79 Å². The van der Waals surface area contributed by atoms with E-state index in [1.165, 1.54) is 18.4 Å². The number of nitrogens with one attached hydrogen (secondary N) is 1. The molecular formula is C17H29NO2. The average Bonchev–Trinajstić information content (AvgIpc) is 2.89. The highest BCUT2D eigenvalue weighted by Gasteiger charge is 2.14. The van der Waals surface area contributed by atoms with Crippen LogP contribution < -0.4 is 5.32 Å². The zero-order chi connectivity index (χ0) is 14.8. The van der Waals surface area contributed by atoms with Gasteiger partial charge < -0.3 is 10.1 Å². The van der Waals surface area contributed by atoms with Gasteiger partial charge in [0.05, 0.1) is 6.10 Å². The molecule has 1 aliphatic rings. The Morgan fingerprint density at radius 1 is 1.30 bits per heavy atom. The Bertz CT molecular complexity index is 352. The second-order valence-corrected chi connectivity index (χ2v) is 5.65. The fourth-order valence-corrected chi connectivity index (χ4v) is 2.43. The minimum Gasteiger partial charge on any atom is -0.378 e. The molecule has 0 saturated carbocycles. The lowest BCUT2D eigenvalue weighted by atomic mass is 10.0. The summed E-state index contributed by atoms with van der Waals surface area (Å²) in [6.07, 6.45) is 11.2. The Hall–Kier alpha value is -1.09. The molecule has 1 atom stereocenters. The van der Waals surface area contributed by atoms with Gasteiger partial charge in [-0.25, -0.2) is 0 Å². The molecule has 1 N–H and O–H groups in total. The minimum absolute atomic E-state index is 0.0177. The molecule has 20 heavy (non-hydrogen) atoms. The number of amides is 1. The van der Waals surface area contributed by atoms with Gasteiger partial charge in [-0.1, -0.05) is 17.2 Å². The third-order valence-electron chi connectivity index (χ3n) is 3.64. The van der Waals surface area contributed by atoms with Crippen LogP contribution in [0.1, 0.15) is 59.3 Å². The highest BCUT2D eigenvalue weighted by molar-refractivity contribution is 5.88. The van der Waals surface area contributed by atoms with Crippen LogP contribution in [-0.2, 0) is 9.53 Å². The molecule has 1 aliphatic heterocycles. The van der Waals surface area contributed by atoms with Crippen molar-refractivity contribution in [2.45, 2.75) is 65.4 Å². The second kappa shape index (κ2) is 9.76. The van der Waals surface area contributed by atoms with Gasteiger partial charge >= 0.3 is 0 Å². The first-order chi connectivity index (χ1) is 9.61. The molecule has 0 aromatic rings. The van der Waals surface area contributed by atoms with Gasteiger partial charge in [-0.2, -0.15) is 0 Å². The molecule has 114 valence electrons. The molecule has 0 aromatic carbocycles. The SMILES string of the molecule is CCNC(=O)C=C(C)CCC=C(C)CCC1CCCO1. The quantitative estimate of drug-likeness (QED) is 0.543. The van der Waals surface area contributed by atoms with E-state index in [4.69, 9.17) is 4.74 Å². The number of allylic oxidation sites excluding steroid dienone is 3. The van der Waals surface area contributed by atoms with Crippen LogP contribution in [0.15, 0.2) is 23.3 Å². The van der Waals surface area contributed by atoms with Crippen LogP contribution >= 0.6 is 0 Å². The number of likely N-dealkylation sites (N-methyl/N-ethyl adjacent to an activating group) is 1. The van der Waals surface area contributed by atoms with Crippen LogP contribution in [0.3, 0.4) is 0 Å². The summed E-state index contributed by atoms with van der Waals surface area (Å²) in [5.74, 6) is 0.0177. The van der Waals surface area contributed by atoms with E-state index in [0.717, 1.165) is 37.9 Å². The van der Waals surface area contributed by atoms with E-state index in [9.17, 15) is 4.79 Å². The maximum absolute atomic E-state index is 11.4. The normalized spacial score (nSPS) is 20.2. The fraction of sp³-hybridized carbons (Fsp3) is 0.706. The molecule has 0 radical (unpaired) electrons. The predicted octanol–water partition coefficient (Wildman–Crippen LogP) is 3.75. The molecule has 1 amide bonds. The van der Waals surface area contributed by atoms with E-state index in [0.29, 0.717) is 12.6 Å². The summed E-state index contributed by atoms with van der Waals surface area (Å²) < 4.78 is 5.63. The summed E-state index contributed by atoms with van der Waals surface area (Å²) in [5, 5.41) is 2.78. The van der Waals surface area contributed by atoms with Crippen LogP contribution in [0, 0.1) is 0 Å². The third-order valence-corrected chi connectivity index (χ3v) is 3.64. The molecule has 0 aliphatic carbocycles. The van der Waals surface area contributed by atoms with E-state index in [1.54, 1.807) is 6.08 Å². The highest BCUT2D eigenvalue weighted by atomic mass is 16.5. The summed E-state index contributed by atoms with van der Waals surface area (Å²) in [6.45, 7) is 7.77. The maximum atomic E-state index is 11.4. The number of ether oxygens (including phenoxy) is 1. The lowest BCUT2D eigenvalue weighted by Crippen LogP contribution is -2.20. The molecule has 1 heterocycles. The molecule has 3 heteroatoms. The molecular weight excluding hydrogens is 250 g/mol. The molecule has 1 rings (SSSR count). The number of carbonyl (C=O) groups excluding carboxylic acids is 1. The fourth-order valence-electron chi connectivity index (χ4n) is 2.43. The standard InChI is InChI=1S/C17H29NO2/c1-4-18-17(19)13-15(3)8-5-7-14(2)10-11-16-9-6-12-20-16/h7,13,16H,4-6,8-12H2,1-3H3,(H,18,19). The van der Waals surface area contributed by atoms with Crippen molar-refractivity contribution in [3.8, 4) is 0 Å². The van der Waals surface area contributed by atoms with Crippen LogP contribution in [0.2, 0.25) is 0 Å². The van der Waals surface area contributed by atoms with Crippen LogP contribution in [0.5, 0.6) is 0 Å². The number of carbonyl (C=O) groups is 1. The van der Waals surface area contributed by atoms with Gasteiger partial charge in [0.1, 0.15) is 0 Å². The van der Waals surface area contributed by atoms with Crippen LogP contribution in [-0.4, -0.2) is 25.2 Å². The number of rotatable bonds is 8. The lowest BCUT2D eigenvalue weighted by molar-refractivity contribution is -0.116. The molecule has 1 fully saturated rings. The summed E-state index contributed by atoms with van der Waals surface area (Å²) in [4.78, 5) is 11.4. The van der Waals surface area contributed by atoms with Crippen LogP contribution in [0.4, 0.5) is 0 Å². The largest absolute Gasteiger partial charge is 0.378 e. The highest BCUT2D eigenvalue weighted by Crippen LogP contribution is 2.19. The van der Waals surface area contributed by atoms with Gasteiger partial charge in [0, 0.05) is 19.2 Å². The lowest BCUT2D eigenvalue weighted by Gasteiger charge is -2.09. The van der Waals surface area contributed by atoms with E-state index in [-0.39, 0.29) is 5.91 Å². The average molecular weight is 279 g/mol. The Kier molecular flexibility index (Phi) is 8.28.